The normalized spacial score (nSPS) is 20.0. The first kappa shape index (κ1) is 11.9. The lowest BCUT2D eigenvalue weighted by Gasteiger charge is -2.33. The van der Waals surface area contributed by atoms with Gasteiger partial charge in [0.1, 0.15) is 6.04 Å². The van der Waals surface area contributed by atoms with Gasteiger partial charge in [-0.1, -0.05) is 23.7 Å². The van der Waals surface area contributed by atoms with Gasteiger partial charge < -0.3 is 10.2 Å². The van der Waals surface area contributed by atoms with Crippen molar-refractivity contribution in [2.45, 2.75) is 13.0 Å². The lowest BCUT2D eigenvalue weighted by atomic mass is 10.1. The Labute approximate surface area is 105 Å². The first-order valence-electron chi connectivity index (χ1n) is 5.44. The number of nitrogens with one attached hydrogen (secondary N) is 1. The molecule has 90 valence electrons. The SMILES string of the molecule is C[C@@H]1C(=O)NCCN1C(=O)c1ccccc1Cl. The Kier molecular flexibility index (Phi) is 3.33. The van der Waals surface area contributed by atoms with E-state index in [0.717, 1.165) is 0 Å². The van der Waals surface area contributed by atoms with E-state index in [1.165, 1.54) is 0 Å². The van der Waals surface area contributed by atoms with Crippen LogP contribution in [0.4, 0.5) is 0 Å². The summed E-state index contributed by atoms with van der Waals surface area (Å²) in [5.74, 6) is -0.324. The van der Waals surface area contributed by atoms with Crippen LogP contribution in [-0.2, 0) is 4.79 Å². The van der Waals surface area contributed by atoms with Crippen LogP contribution in [0.3, 0.4) is 0 Å². The smallest absolute Gasteiger partial charge is 0.256 e. The van der Waals surface area contributed by atoms with Crippen LogP contribution < -0.4 is 5.32 Å². The first-order chi connectivity index (χ1) is 8.11. The monoisotopic (exact) mass is 252 g/mol. The number of carbonyl (C=O) groups excluding carboxylic acids is 2. The van der Waals surface area contributed by atoms with E-state index in [1.807, 2.05) is 0 Å². The third-order valence-corrected chi connectivity index (χ3v) is 3.19. The highest BCUT2D eigenvalue weighted by Gasteiger charge is 2.30. The summed E-state index contributed by atoms with van der Waals surface area (Å²) in [7, 11) is 0. The molecule has 0 aromatic heterocycles. The summed E-state index contributed by atoms with van der Waals surface area (Å²) in [6.07, 6.45) is 0. The molecule has 1 aromatic carbocycles. The van der Waals surface area contributed by atoms with Gasteiger partial charge in [0.05, 0.1) is 10.6 Å². The van der Waals surface area contributed by atoms with Crippen molar-refractivity contribution in [3.63, 3.8) is 0 Å². The fourth-order valence-electron chi connectivity index (χ4n) is 1.85. The zero-order valence-electron chi connectivity index (χ0n) is 9.44. The predicted molar refractivity (Wildman–Crippen MR) is 65.0 cm³/mol. The van der Waals surface area contributed by atoms with Crippen molar-refractivity contribution in [2.75, 3.05) is 13.1 Å². The highest BCUT2D eigenvalue weighted by molar-refractivity contribution is 6.33. The lowest BCUT2D eigenvalue weighted by molar-refractivity contribution is -0.127. The largest absolute Gasteiger partial charge is 0.353 e. The topological polar surface area (TPSA) is 49.4 Å². The number of hydrogen-bond donors (Lipinski definition) is 1. The quantitative estimate of drug-likeness (QED) is 0.819. The first-order valence-corrected chi connectivity index (χ1v) is 5.82. The molecule has 1 aliphatic rings. The molecule has 2 rings (SSSR count). The summed E-state index contributed by atoms with van der Waals surface area (Å²) < 4.78 is 0. The number of benzene rings is 1. The second-order valence-electron chi connectivity index (χ2n) is 3.95. The molecule has 0 bridgehead atoms. The summed E-state index contributed by atoms with van der Waals surface area (Å²) in [4.78, 5) is 25.3. The van der Waals surface area contributed by atoms with E-state index in [4.69, 9.17) is 11.6 Å². The van der Waals surface area contributed by atoms with E-state index in [2.05, 4.69) is 5.32 Å². The van der Waals surface area contributed by atoms with E-state index >= 15 is 0 Å². The van der Waals surface area contributed by atoms with Crippen LogP contribution in [0, 0.1) is 0 Å². The zero-order chi connectivity index (χ0) is 12.4. The number of hydrogen-bond acceptors (Lipinski definition) is 2. The molecule has 1 aromatic rings. The average Bonchev–Trinajstić information content (AvgIpc) is 2.32. The summed E-state index contributed by atoms with van der Waals surface area (Å²) >= 11 is 5.97. The average molecular weight is 253 g/mol. The Morgan fingerprint density at radius 3 is 2.88 bits per heavy atom. The van der Waals surface area contributed by atoms with Crippen LogP contribution in [0.25, 0.3) is 0 Å². The molecule has 0 spiro atoms. The molecular weight excluding hydrogens is 240 g/mol. The molecule has 1 saturated heterocycles. The number of halogens is 1. The molecule has 4 nitrogen and oxygen atoms in total. The van der Waals surface area contributed by atoms with E-state index in [-0.39, 0.29) is 11.8 Å². The highest BCUT2D eigenvalue weighted by Crippen LogP contribution is 2.19. The van der Waals surface area contributed by atoms with Crippen LogP contribution in [0.1, 0.15) is 17.3 Å². The molecule has 1 N–H and O–H groups in total. The molecule has 0 radical (unpaired) electrons. The lowest BCUT2D eigenvalue weighted by Crippen LogP contribution is -2.55. The Morgan fingerprint density at radius 1 is 1.47 bits per heavy atom. The van der Waals surface area contributed by atoms with Crippen molar-refractivity contribution in [1.82, 2.24) is 10.2 Å². The maximum Gasteiger partial charge on any atom is 0.256 e. The number of rotatable bonds is 1. The standard InChI is InChI=1S/C12H13ClN2O2/c1-8-11(16)14-6-7-15(8)12(17)9-4-2-3-5-10(9)13/h2-5,8H,6-7H2,1H3,(H,14,16)/t8-/m1/s1. The van der Waals surface area contributed by atoms with Gasteiger partial charge in [-0.25, -0.2) is 0 Å². The minimum absolute atomic E-state index is 0.128. The maximum atomic E-state index is 12.2. The van der Waals surface area contributed by atoms with Crippen molar-refractivity contribution in [3.05, 3.63) is 34.9 Å². The molecule has 1 atom stereocenters. The van der Waals surface area contributed by atoms with Crippen molar-refractivity contribution >= 4 is 23.4 Å². The summed E-state index contributed by atoms with van der Waals surface area (Å²) in [6.45, 7) is 2.71. The van der Waals surface area contributed by atoms with Crippen LogP contribution in [0.2, 0.25) is 5.02 Å². The van der Waals surface area contributed by atoms with Crippen LogP contribution >= 0.6 is 11.6 Å². The van der Waals surface area contributed by atoms with Gasteiger partial charge in [0, 0.05) is 13.1 Å². The fourth-order valence-corrected chi connectivity index (χ4v) is 2.07. The Balaban J connectivity index is 2.26. The highest BCUT2D eigenvalue weighted by atomic mass is 35.5. The van der Waals surface area contributed by atoms with Gasteiger partial charge in [-0.15, -0.1) is 0 Å². The molecule has 2 amide bonds. The fraction of sp³-hybridized carbons (Fsp3) is 0.333. The molecule has 1 fully saturated rings. The number of nitrogens with zero attached hydrogens (tertiary/aromatic N) is 1. The van der Waals surface area contributed by atoms with E-state index in [0.29, 0.717) is 23.7 Å². The molecule has 1 aliphatic heterocycles. The number of piperazine rings is 1. The minimum Gasteiger partial charge on any atom is -0.353 e. The van der Waals surface area contributed by atoms with Crippen LogP contribution in [-0.4, -0.2) is 35.8 Å². The Bertz CT molecular complexity index is 462. The van der Waals surface area contributed by atoms with Gasteiger partial charge in [0.15, 0.2) is 0 Å². The van der Waals surface area contributed by atoms with Crippen molar-refractivity contribution in [3.8, 4) is 0 Å². The van der Waals surface area contributed by atoms with E-state index in [9.17, 15) is 9.59 Å². The predicted octanol–water partition coefficient (Wildman–Crippen LogP) is 1.30. The van der Waals surface area contributed by atoms with E-state index < -0.39 is 6.04 Å². The van der Waals surface area contributed by atoms with Crippen LogP contribution in [0.5, 0.6) is 0 Å². The summed E-state index contributed by atoms with van der Waals surface area (Å²) in [6, 6.07) is 6.42. The molecule has 0 unspecified atom stereocenters. The third-order valence-electron chi connectivity index (χ3n) is 2.86. The van der Waals surface area contributed by atoms with Gasteiger partial charge in [-0.3, -0.25) is 9.59 Å². The zero-order valence-corrected chi connectivity index (χ0v) is 10.2. The Hall–Kier alpha value is -1.55. The summed E-state index contributed by atoms with van der Waals surface area (Å²) in [5.41, 5.74) is 0.440. The number of carbonyl (C=O) groups is 2. The van der Waals surface area contributed by atoms with Gasteiger partial charge >= 0.3 is 0 Å². The summed E-state index contributed by atoms with van der Waals surface area (Å²) in [5, 5.41) is 3.13. The van der Waals surface area contributed by atoms with Gasteiger partial charge in [-0.05, 0) is 19.1 Å². The van der Waals surface area contributed by atoms with Gasteiger partial charge in [-0.2, -0.15) is 0 Å². The molecule has 0 saturated carbocycles. The third kappa shape index (κ3) is 2.26. The maximum absolute atomic E-state index is 12.2. The molecule has 17 heavy (non-hydrogen) atoms. The molecule has 0 aliphatic carbocycles. The van der Waals surface area contributed by atoms with E-state index in [1.54, 1.807) is 36.1 Å². The van der Waals surface area contributed by atoms with Crippen molar-refractivity contribution in [1.29, 1.82) is 0 Å². The van der Waals surface area contributed by atoms with Crippen molar-refractivity contribution < 1.29 is 9.59 Å². The van der Waals surface area contributed by atoms with Gasteiger partial charge in [0.2, 0.25) is 5.91 Å². The van der Waals surface area contributed by atoms with Gasteiger partial charge in [0.25, 0.3) is 5.91 Å². The van der Waals surface area contributed by atoms with Crippen LogP contribution in [0.15, 0.2) is 24.3 Å². The van der Waals surface area contributed by atoms with Crippen molar-refractivity contribution in [2.24, 2.45) is 0 Å². The molecule has 1 heterocycles. The second kappa shape index (κ2) is 4.75. The minimum atomic E-state index is -0.451. The molecule has 5 heteroatoms. The number of amides is 2. The molecular formula is C12H13ClN2O2. The Morgan fingerprint density at radius 2 is 2.18 bits per heavy atom. The second-order valence-corrected chi connectivity index (χ2v) is 4.35.